The third-order valence-corrected chi connectivity index (χ3v) is 6.40. The highest BCUT2D eigenvalue weighted by atomic mass is 32.1. The third kappa shape index (κ3) is 3.42. The molecule has 1 fully saturated rings. The van der Waals surface area contributed by atoms with Gasteiger partial charge in [0.2, 0.25) is 0 Å². The molecule has 0 radical (unpaired) electrons. The zero-order valence-electron chi connectivity index (χ0n) is 16.1. The molecule has 11 heteroatoms. The number of aromatic nitrogens is 1. The summed E-state index contributed by atoms with van der Waals surface area (Å²) in [5, 5.41) is 1.48. The van der Waals surface area contributed by atoms with Gasteiger partial charge in [-0.15, -0.1) is 11.3 Å². The molecule has 0 bridgehead atoms. The Labute approximate surface area is 182 Å². The summed E-state index contributed by atoms with van der Waals surface area (Å²) in [6, 6.07) is 5.59. The number of fused-ring (bicyclic) bond motifs is 1. The number of carbonyl (C=O) groups is 1. The fourth-order valence-corrected chi connectivity index (χ4v) is 4.62. The maximum absolute atomic E-state index is 15.1. The van der Waals surface area contributed by atoms with Crippen molar-refractivity contribution in [1.29, 1.82) is 0 Å². The Hall–Kier alpha value is -3.34. The van der Waals surface area contributed by atoms with Crippen molar-refractivity contribution in [2.24, 2.45) is 4.99 Å². The molecule has 1 atom stereocenters. The molecule has 2 aliphatic rings. The molecular weight excluding hydrogens is 451 g/mol. The molecular formula is C21H13F5N4OS. The van der Waals surface area contributed by atoms with E-state index in [1.807, 2.05) is 0 Å². The smallest absolute Gasteiger partial charge is 0.335 e. The summed E-state index contributed by atoms with van der Waals surface area (Å²) in [7, 11) is 0. The van der Waals surface area contributed by atoms with Crippen molar-refractivity contribution < 1.29 is 26.7 Å². The number of urea groups is 1. The predicted molar refractivity (Wildman–Crippen MR) is 109 cm³/mol. The van der Waals surface area contributed by atoms with Crippen molar-refractivity contribution in [2.45, 2.75) is 18.6 Å². The molecule has 5 nitrogen and oxygen atoms in total. The van der Waals surface area contributed by atoms with Crippen LogP contribution in [-0.4, -0.2) is 23.8 Å². The van der Waals surface area contributed by atoms with Gasteiger partial charge >= 0.3 is 12.2 Å². The van der Waals surface area contributed by atoms with Gasteiger partial charge in [-0.05, 0) is 35.4 Å². The second-order valence-electron chi connectivity index (χ2n) is 7.28. The Morgan fingerprint density at radius 1 is 1.12 bits per heavy atom. The molecule has 1 aromatic heterocycles. The van der Waals surface area contributed by atoms with E-state index in [4.69, 9.17) is 0 Å². The van der Waals surface area contributed by atoms with Crippen LogP contribution < -0.4 is 10.2 Å². The Balaban J connectivity index is 1.52. The molecule has 1 saturated heterocycles. The number of nitrogens with one attached hydrogen (secondary N) is 1. The first-order valence-electron chi connectivity index (χ1n) is 9.47. The SMILES string of the molecule is O=C1NCC(c2c(F)cc(-c3cnc(C(F)(F)F)s3)cc2F)N1c1ccc2c(c1)N=CC2. The number of benzene rings is 2. The van der Waals surface area contributed by atoms with Crippen molar-refractivity contribution in [3.05, 3.63) is 64.3 Å². The summed E-state index contributed by atoms with van der Waals surface area (Å²) in [6.07, 6.45) is -1.31. The van der Waals surface area contributed by atoms with Crippen LogP contribution in [0, 0.1) is 11.6 Å². The second-order valence-corrected chi connectivity index (χ2v) is 8.31. The third-order valence-electron chi connectivity index (χ3n) is 5.31. The maximum Gasteiger partial charge on any atom is 0.443 e. The first kappa shape index (κ1) is 20.6. The van der Waals surface area contributed by atoms with Crippen LogP contribution in [0.15, 0.2) is 41.5 Å². The van der Waals surface area contributed by atoms with Crippen LogP contribution >= 0.6 is 11.3 Å². The van der Waals surface area contributed by atoms with Crippen LogP contribution in [0.1, 0.15) is 22.2 Å². The van der Waals surface area contributed by atoms with Gasteiger partial charge in [0.25, 0.3) is 0 Å². The number of hydrogen-bond donors (Lipinski definition) is 1. The molecule has 0 saturated carbocycles. The lowest BCUT2D eigenvalue weighted by Gasteiger charge is -2.25. The molecule has 32 heavy (non-hydrogen) atoms. The van der Waals surface area contributed by atoms with Crippen molar-refractivity contribution in [2.75, 3.05) is 11.4 Å². The number of nitrogens with zero attached hydrogens (tertiary/aromatic N) is 3. The molecule has 164 valence electrons. The van der Waals surface area contributed by atoms with E-state index in [2.05, 4.69) is 15.3 Å². The topological polar surface area (TPSA) is 57.6 Å². The van der Waals surface area contributed by atoms with Crippen LogP contribution in [0.4, 0.5) is 38.1 Å². The number of amides is 2. The van der Waals surface area contributed by atoms with E-state index in [1.54, 1.807) is 24.4 Å². The van der Waals surface area contributed by atoms with Crippen LogP contribution in [-0.2, 0) is 12.6 Å². The fourth-order valence-electron chi connectivity index (χ4n) is 3.85. The largest absolute Gasteiger partial charge is 0.443 e. The van der Waals surface area contributed by atoms with Crippen LogP contribution in [0.25, 0.3) is 10.4 Å². The van der Waals surface area contributed by atoms with E-state index in [0.717, 1.165) is 23.9 Å². The average molecular weight is 464 g/mol. The normalized spacial score (nSPS) is 17.7. The molecule has 3 aromatic rings. The molecule has 1 N–H and O–H groups in total. The minimum absolute atomic E-state index is 0.0179. The van der Waals surface area contributed by atoms with E-state index in [0.29, 0.717) is 29.1 Å². The summed E-state index contributed by atoms with van der Waals surface area (Å²) < 4.78 is 68.6. The number of anilines is 1. The molecule has 2 aromatic carbocycles. The number of carbonyl (C=O) groups excluding carboxylic acids is 1. The Bertz CT molecular complexity index is 1250. The number of thiazole rings is 1. The summed E-state index contributed by atoms with van der Waals surface area (Å²) in [4.78, 5) is 21.2. The van der Waals surface area contributed by atoms with E-state index in [-0.39, 0.29) is 22.5 Å². The molecule has 5 rings (SSSR count). The first-order valence-corrected chi connectivity index (χ1v) is 10.3. The molecule has 2 amide bonds. The number of halogens is 5. The van der Waals surface area contributed by atoms with Crippen molar-refractivity contribution >= 4 is 35.0 Å². The molecule has 1 unspecified atom stereocenters. The monoisotopic (exact) mass is 464 g/mol. The Kier molecular flexibility index (Phi) is 4.73. The number of aliphatic imine (C=N–C) groups is 1. The molecule has 3 heterocycles. The zero-order chi connectivity index (χ0) is 22.6. The van der Waals surface area contributed by atoms with Gasteiger partial charge in [0, 0.05) is 36.6 Å². The van der Waals surface area contributed by atoms with Gasteiger partial charge in [-0.2, -0.15) is 13.2 Å². The number of hydrogen-bond acceptors (Lipinski definition) is 4. The zero-order valence-corrected chi connectivity index (χ0v) is 16.9. The van der Waals surface area contributed by atoms with Crippen LogP contribution in [0.2, 0.25) is 0 Å². The van der Waals surface area contributed by atoms with Crippen molar-refractivity contribution in [3.8, 4) is 10.4 Å². The average Bonchev–Trinajstić information content (AvgIpc) is 3.46. The predicted octanol–water partition coefficient (Wildman–Crippen LogP) is 5.64. The highest BCUT2D eigenvalue weighted by Crippen LogP contribution is 2.40. The lowest BCUT2D eigenvalue weighted by molar-refractivity contribution is -0.137. The second kappa shape index (κ2) is 7.37. The van der Waals surface area contributed by atoms with Gasteiger partial charge in [-0.25, -0.2) is 18.6 Å². The van der Waals surface area contributed by atoms with Crippen LogP contribution in [0.3, 0.4) is 0 Å². The lowest BCUT2D eigenvalue weighted by Crippen LogP contribution is -2.30. The highest BCUT2D eigenvalue weighted by Gasteiger charge is 2.38. The molecule has 0 aliphatic carbocycles. The molecule has 2 aliphatic heterocycles. The first-order chi connectivity index (χ1) is 15.2. The molecule has 0 spiro atoms. The summed E-state index contributed by atoms with van der Waals surface area (Å²) in [5.74, 6) is -1.93. The maximum atomic E-state index is 15.1. The van der Waals surface area contributed by atoms with E-state index in [9.17, 15) is 18.0 Å². The standard InChI is InChI=1S/C21H13F5N4OS/c22-13-5-11(17-9-28-19(32-17)21(24,25)26)6-14(23)18(13)16-8-29-20(31)30(16)12-2-1-10-3-4-27-15(10)7-12/h1-2,4-7,9,16H,3,8H2,(H,29,31). The number of rotatable bonds is 3. The Morgan fingerprint density at radius 3 is 2.56 bits per heavy atom. The van der Waals surface area contributed by atoms with E-state index < -0.39 is 34.9 Å². The van der Waals surface area contributed by atoms with E-state index >= 15 is 8.78 Å². The Morgan fingerprint density at radius 2 is 1.88 bits per heavy atom. The number of alkyl halides is 3. The van der Waals surface area contributed by atoms with Gasteiger partial charge in [0.1, 0.15) is 11.6 Å². The van der Waals surface area contributed by atoms with Crippen molar-refractivity contribution in [3.63, 3.8) is 0 Å². The quantitative estimate of drug-likeness (QED) is 0.511. The van der Waals surface area contributed by atoms with Gasteiger partial charge < -0.3 is 5.32 Å². The van der Waals surface area contributed by atoms with Gasteiger partial charge in [-0.3, -0.25) is 9.89 Å². The van der Waals surface area contributed by atoms with Gasteiger partial charge in [0.15, 0.2) is 5.01 Å². The van der Waals surface area contributed by atoms with Gasteiger partial charge in [0.05, 0.1) is 16.6 Å². The summed E-state index contributed by atoms with van der Waals surface area (Å²) in [5.41, 5.74) is 1.68. The minimum Gasteiger partial charge on any atom is -0.335 e. The highest BCUT2D eigenvalue weighted by molar-refractivity contribution is 7.15. The summed E-state index contributed by atoms with van der Waals surface area (Å²) in [6.45, 7) is -0.0366. The lowest BCUT2D eigenvalue weighted by atomic mass is 10.0. The minimum atomic E-state index is -4.64. The van der Waals surface area contributed by atoms with Gasteiger partial charge in [-0.1, -0.05) is 6.07 Å². The van der Waals surface area contributed by atoms with E-state index in [1.165, 1.54) is 4.90 Å². The fraction of sp³-hybridized carbons (Fsp3) is 0.190. The van der Waals surface area contributed by atoms with Crippen LogP contribution in [0.5, 0.6) is 0 Å². The summed E-state index contributed by atoms with van der Waals surface area (Å²) >= 11 is 0.298. The van der Waals surface area contributed by atoms with Crippen molar-refractivity contribution in [1.82, 2.24) is 10.3 Å².